The Kier molecular flexibility index (Phi) is 6.12. The molecule has 1 aliphatic rings. The van der Waals surface area contributed by atoms with Crippen molar-refractivity contribution in [2.75, 3.05) is 6.61 Å². The second-order valence-corrected chi connectivity index (χ2v) is 9.33. The smallest absolute Gasteiger partial charge is 0.119 e. The lowest BCUT2D eigenvalue weighted by Crippen LogP contribution is -2.29. The standard InChI is InChI=1S/C27H33NO2/c1-19(25-10-6-8-21-7-4-5-9-26(21)25)28-23-14-11-22(17-23)20-12-15-24(16-13-20)30-18-27(2,3)29/h4-10,12-13,15-16,19,22-23,28-29H,11,14,17-18H2,1-3H3/t19?,22?,23-/m0/s1. The van der Waals surface area contributed by atoms with Crippen LogP contribution in [-0.2, 0) is 0 Å². The fourth-order valence-electron chi connectivity index (χ4n) is 4.60. The Hall–Kier alpha value is -2.36. The van der Waals surface area contributed by atoms with Gasteiger partial charge in [0.05, 0.1) is 5.60 Å². The molecule has 2 N–H and O–H groups in total. The van der Waals surface area contributed by atoms with Gasteiger partial charge in [0.2, 0.25) is 0 Å². The molecule has 3 atom stereocenters. The topological polar surface area (TPSA) is 41.5 Å². The maximum Gasteiger partial charge on any atom is 0.119 e. The molecule has 2 unspecified atom stereocenters. The summed E-state index contributed by atoms with van der Waals surface area (Å²) in [6.45, 7) is 6.09. The van der Waals surface area contributed by atoms with Crippen LogP contribution >= 0.6 is 0 Å². The summed E-state index contributed by atoms with van der Waals surface area (Å²) in [6.07, 6.45) is 3.58. The van der Waals surface area contributed by atoms with Crippen LogP contribution in [0.5, 0.6) is 5.75 Å². The van der Waals surface area contributed by atoms with Crippen LogP contribution in [0.3, 0.4) is 0 Å². The minimum absolute atomic E-state index is 0.299. The predicted molar refractivity (Wildman–Crippen MR) is 124 cm³/mol. The number of hydrogen-bond donors (Lipinski definition) is 2. The van der Waals surface area contributed by atoms with Crippen molar-refractivity contribution in [2.45, 2.75) is 63.6 Å². The average molecular weight is 404 g/mol. The summed E-state index contributed by atoms with van der Waals surface area (Å²) in [5, 5.41) is 16.3. The van der Waals surface area contributed by atoms with Crippen LogP contribution in [0.4, 0.5) is 0 Å². The highest BCUT2D eigenvalue weighted by Crippen LogP contribution is 2.36. The molecule has 1 aliphatic carbocycles. The molecule has 0 heterocycles. The van der Waals surface area contributed by atoms with E-state index in [1.165, 1.54) is 41.2 Å². The molecule has 3 aromatic rings. The summed E-state index contributed by atoms with van der Waals surface area (Å²) in [7, 11) is 0. The number of rotatable bonds is 7. The SMILES string of the molecule is CC(N[C@H]1CCC(c2ccc(OCC(C)(C)O)cc2)C1)c1cccc2ccccc12. The Morgan fingerprint density at radius 1 is 1.00 bits per heavy atom. The minimum atomic E-state index is -0.816. The Balaban J connectivity index is 1.36. The molecular weight excluding hydrogens is 370 g/mol. The van der Waals surface area contributed by atoms with Crippen molar-refractivity contribution < 1.29 is 9.84 Å². The minimum Gasteiger partial charge on any atom is -0.491 e. The van der Waals surface area contributed by atoms with E-state index in [0.29, 0.717) is 24.6 Å². The quantitative estimate of drug-likeness (QED) is 0.510. The molecule has 0 bridgehead atoms. The zero-order valence-corrected chi connectivity index (χ0v) is 18.3. The Morgan fingerprint density at radius 2 is 1.73 bits per heavy atom. The van der Waals surface area contributed by atoms with Crippen molar-refractivity contribution >= 4 is 10.8 Å². The number of nitrogens with one attached hydrogen (secondary N) is 1. The van der Waals surface area contributed by atoms with E-state index >= 15 is 0 Å². The highest BCUT2D eigenvalue weighted by Gasteiger charge is 2.27. The number of ether oxygens (including phenoxy) is 1. The fourth-order valence-corrected chi connectivity index (χ4v) is 4.60. The third kappa shape index (κ3) is 5.03. The predicted octanol–water partition coefficient (Wildman–Crippen LogP) is 5.98. The summed E-state index contributed by atoms with van der Waals surface area (Å²) in [5.41, 5.74) is 1.95. The largest absolute Gasteiger partial charge is 0.491 e. The highest BCUT2D eigenvalue weighted by molar-refractivity contribution is 5.86. The van der Waals surface area contributed by atoms with Crippen molar-refractivity contribution in [3.63, 3.8) is 0 Å². The average Bonchev–Trinajstić information content (AvgIpc) is 3.20. The van der Waals surface area contributed by atoms with E-state index in [1.807, 2.05) is 12.1 Å². The van der Waals surface area contributed by atoms with Gasteiger partial charge in [0.25, 0.3) is 0 Å². The maximum absolute atomic E-state index is 9.82. The molecular formula is C27H33NO2. The molecule has 1 saturated carbocycles. The van der Waals surface area contributed by atoms with Gasteiger partial charge in [0.1, 0.15) is 12.4 Å². The molecule has 1 fully saturated rings. The fraction of sp³-hybridized carbons (Fsp3) is 0.407. The van der Waals surface area contributed by atoms with Gasteiger partial charge in [-0.25, -0.2) is 0 Å². The summed E-state index contributed by atoms with van der Waals surface area (Å²) in [4.78, 5) is 0. The van der Waals surface area contributed by atoms with Crippen molar-refractivity contribution in [2.24, 2.45) is 0 Å². The van der Waals surface area contributed by atoms with Gasteiger partial charge >= 0.3 is 0 Å². The molecule has 4 rings (SSSR count). The van der Waals surface area contributed by atoms with E-state index in [2.05, 4.69) is 66.8 Å². The number of benzene rings is 3. The lowest BCUT2D eigenvalue weighted by molar-refractivity contribution is 0.0285. The van der Waals surface area contributed by atoms with Crippen LogP contribution in [0.1, 0.15) is 63.1 Å². The molecule has 0 amide bonds. The highest BCUT2D eigenvalue weighted by atomic mass is 16.5. The summed E-state index contributed by atoms with van der Waals surface area (Å²) in [6, 6.07) is 24.5. The molecule has 3 aromatic carbocycles. The van der Waals surface area contributed by atoms with Crippen molar-refractivity contribution in [3.8, 4) is 5.75 Å². The first kappa shape index (κ1) is 20.9. The van der Waals surface area contributed by atoms with Crippen molar-refractivity contribution in [3.05, 3.63) is 77.9 Å². The molecule has 0 aliphatic heterocycles. The van der Waals surface area contributed by atoms with E-state index < -0.39 is 5.60 Å². The third-order valence-electron chi connectivity index (χ3n) is 6.15. The summed E-state index contributed by atoms with van der Waals surface area (Å²) >= 11 is 0. The van der Waals surface area contributed by atoms with Gasteiger partial charge in [-0.15, -0.1) is 0 Å². The summed E-state index contributed by atoms with van der Waals surface area (Å²) in [5.74, 6) is 1.41. The molecule has 0 radical (unpaired) electrons. The van der Waals surface area contributed by atoms with Gasteiger partial charge in [-0.3, -0.25) is 0 Å². The van der Waals surface area contributed by atoms with Crippen LogP contribution < -0.4 is 10.1 Å². The van der Waals surface area contributed by atoms with Crippen LogP contribution in [0.25, 0.3) is 10.8 Å². The number of aliphatic hydroxyl groups is 1. The van der Waals surface area contributed by atoms with E-state index in [9.17, 15) is 5.11 Å². The van der Waals surface area contributed by atoms with Gasteiger partial charge in [-0.1, -0.05) is 54.6 Å². The van der Waals surface area contributed by atoms with E-state index in [-0.39, 0.29) is 0 Å². The normalized spacial score (nSPS) is 20.4. The molecule has 3 heteroatoms. The van der Waals surface area contributed by atoms with Crippen LogP contribution in [0, 0.1) is 0 Å². The van der Waals surface area contributed by atoms with Gasteiger partial charge in [-0.05, 0) is 80.0 Å². The van der Waals surface area contributed by atoms with E-state index in [1.54, 1.807) is 13.8 Å². The molecule has 0 saturated heterocycles. The first-order valence-corrected chi connectivity index (χ1v) is 11.1. The third-order valence-corrected chi connectivity index (χ3v) is 6.15. The first-order valence-electron chi connectivity index (χ1n) is 11.1. The van der Waals surface area contributed by atoms with Crippen molar-refractivity contribution in [1.82, 2.24) is 5.32 Å². The van der Waals surface area contributed by atoms with Crippen LogP contribution in [-0.4, -0.2) is 23.4 Å². The first-order chi connectivity index (χ1) is 14.4. The lowest BCUT2D eigenvalue weighted by Gasteiger charge is -2.22. The second kappa shape index (κ2) is 8.79. The van der Waals surface area contributed by atoms with E-state index in [4.69, 9.17) is 4.74 Å². The zero-order valence-electron chi connectivity index (χ0n) is 18.3. The molecule has 0 aromatic heterocycles. The Labute approximate surface area is 180 Å². The summed E-state index contributed by atoms with van der Waals surface area (Å²) < 4.78 is 5.68. The maximum atomic E-state index is 9.82. The monoisotopic (exact) mass is 403 g/mol. The van der Waals surface area contributed by atoms with Gasteiger partial charge < -0.3 is 15.2 Å². The van der Waals surface area contributed by atoms with Crippen LogP contribution in [0.15, 0.2) is 66.7 Å². The molecule has 158 valence electrons. The van der Waals surface area contributed by atoms with Gasteiger partial charge in [0, 0.05) is 12.1 Å². The van der Waals surface area contributed by atoms with Gasteiger partial charge in [0.15, 0.2) is 0 Å². The second-order valence-electron chi connectivity index (χ2n) is 9.33. The van der Waals surface area contributed by atoms with Crippen LogP contribution in [0.2, 0.25) is 0 Å². The van der Waals surface area contributed by atoms with Crippen molar-refractivity contribution in [1.29, 1.82) is 0 Å². The van der Waals surface area contributed by atoms with E-state index in [0.717, 1.165) is 5.75 Å². The molecule has 3 nitrogen and oxygen atoms in total. The van der Waals surface area contributed by atoms with Gasteiger partial charge in [-0.2, -0.15) is 0 Å². The Bertz CT molecular complexity index is 969. The Morgan fingerprint density at radius 3 is 2.50 bits per heavy atom. The number of hydrogen-bond acceptors (Lipinski definition) is 3. The lowest BCUT2D eigenvalue weighted by atomic mass is 9.96. The molecule has 0 spiro atoms. The zero-order chi connectivity index (χ0) is 21.1. The number of fused-ring (bicyclic) bond motifs is 1. The molecule has 30 heavy (non-hydrogen) atoms.